The van der Waals surface area contributed by atoms with Crippen molar-refractivity contribution in [3.05, 3.63) is 50.9 Å². The van der Waals surface area contributed by atoms with Gasteiger partial charge >= 0.3 is 0 Å². The number of amides is 1. The second-order valence-electron chi connectivity index (χ2n) is 5.87. The van der Waals surface area contributed by atoms with Gasteiger partial charge in [0.15, 0.2) is 5.78 Å². The molecule has 7 heteroatoms. The molecule has 1 N–H and O–H groups in total. The van der Waals surface area contributed by atoms with Crippen LogP contribution >= 0.6 is 22.9 Å². The van der Waals surface area contributed by atoms with Gasteiger partial charge in [0.1, 0.15) is 5.01 Å². The Bertz CT molecular complexity index is 744. The van der Waals surface area contributed by atoms with Crippen LogP contribution < -0.4 is 5.32 Å². The smallest absolute Gasteiger partial charge is 0.220 e. The molecule has 26 heavy (non-hydrogen) atoms. The van der Waals surface area contributed by atoms with Crippen LogP contribution in [0, 0.1) is 0 Å². The number of nitrogens with zero attached hydrogens (tertiary/aromatic N) is 2. The summed E-state index contributed by atoms with van der Waals surface area (Å²) in [4.78, 5) is 31.0. The first-order chi connectivity index (χ1) is 12.5. The number of hydrogen-bond acceptors (Lipinski definition) is 5. The van der Waals surface area contributed by atoms with E-state index < -0.39 is 0 Å². The van der Waals surface area contributed by atoms with Crippen LogP contribution in [0.4, 0.5) is 0 Å². The lowest BCUT2D eigenvalue weighted by molar-refractivity contribution is -0.121. The van der Waals surface area contributed by atoms with Crippen molar-refractivity contribution in [3.63, 3.8) is 0 Å². The fourth-order valence-corrected chi connectivity index (χ4v) is 3.46. The number of carbonyl (C=O) groups is 2. The SMILES string of the molecule is CCN(CC)Cc1csc(CNC(=O)CCC(=O)c2ccccc2Cl)n1. The monoisotopic (exact) mass is 393 g/mol. The lowest BCUT2D eigenvalue weighted by Gasteiger charge is -2.15. The van der Waals surface area contributed by atoms with Gasteiger partial charge < -0.3 is 5.32 Å². The van der Waals surface area contributed by atoms with Crippen molar-refractivity contribution in [2.75, 3.05) is 13.1 Å². The van der Waals surface area contributed by atoms with Crippen LogP contribution in [-0.4, -0.2) is 34.7 Å². The van der Waals surface area contributed by atoms with E-state index in [0.29, 0.717) is 17.1 Å². The number of nitrogens with one attached hydrogen (secondary N) is 1. The number of hydrogen-bond donors (Lipinski definition) is 1. The molecule has 0 aliphatic heterocycles. The van der Waals surface area contributed by atoms with Crippen molar-refractivity contribution in [2.45, 2.75) is 39.8 Å². The van der Waals surface area contributed by atoms with E-state index >= 15 is 0 Å². The number of ketones is 1. The van der Waals surface area contributed by atoms with Gasteiger partial charge in [-0.25, -0.2) is 4.98 Å². The molecular formula is C19H24ClN3O2S. The van der Waals surface area contributed by atoms with Gasteiger partial charge in [-0.05, 0) is 25.2 Å². The Hall–Kier alpha value is -1.76. The summed E-state index contributed by atoms with van der Waals surface area (Å²) >= 11 is 7.54. The van der Waals surface area contributed by atoms with E-state index in [2.05, 4.69) is 29.0 Å². The van der Waals surface area contributed by atoms with E-state index in [0.717, 1.165) is 30.3 Å². The van der Waals surface area contributed by atoms with E-state index in [1.165, 1.54) is 0 Å². The minimum atomic E-state index is -0.161. The molecule has 0 saturated heterocycles. The summed E-state index contributed by atoms with van der Waals surface area (Å²) in [6.45, 7) is 7.44. The number of carbonyl (C=O) groups excluding carboxylic acids is 2. The highest BCUT2D eigenvalue weighted by Crippen LogP contribution is 2.17. The minimum absolute atomic E-state index is 0.124. The van der Waals surface area contributed by atoms with Gasteiger partial charge in [-0.15, -0.1) is 11.3 Å². The highest BCUT2D eigenvalue weighted by Gasteiger charge is 2.12. The third kappa shape index (κ3) is 6.20. The molecule has 0 radical (unpaired) electrons. The van der Waals surface area contributed by atoms with E-state index in [4.69, 9.17) is 11.6 Å². The van der Waals surface area contributed by atoms with E-state index in [1.807, 2.05) is 5.38 Å². The second kappa shape index (κ2) is 10.4. The van der Waals surface area contributed by atoms with E-state index in [-0.39, 0.29) is 24.5 Å². The van der Waals surface area contributed by atoms with Crippen LogP contribution in [0.15, 0.2) is 29.6 Å². The Labute approximate surface area is 163 Å². The molecule has 0 spiro atoms. The van der Waals surface area contributed by atoms with Crippen molar-refractivity contribution in [1.29, 1.82) is 0 Å². The third-order valence-electron chi connectivity index (χ3n) is 4.07. The van der Waals surface area contributed by atoms with Gasteiger partial charge in [-0.3, -0.25) is 14.5 Å². The molecule has 0 saturated carbocycles. The van der Waals surface area contributed by atoms with Crippen LogP contribution in [0.5, 0.6) is 0 Å². The zero-order valence-electron chi connectivity index (χ0n) is 15.1. The van der Waals surface area contributed by atoms with E-state index in [9.17, 15) is 9.59 Å². The van der Waals surface area contributed by atoms with E-state index in [1.54, 1.807) is 35.6 Å². The van der Waals surface area contributed by atoms with Crippen molar-refractivity contribution in [1.82, 2.24) is 15.2 Å². The molecule has 0 aliphatic carbocycles. The van der Waals surface area contributed by atoms with Crippen molar-refractivity contribution < 1.29 is 9.59 Å². The van der Waals surface area contributed by atoms with Gasteiger partial charge in [0.05, 0.1) is 17.3 Å². The standard InChI is InChI=1S/C19H24ClN3O2S/c1-3-23(4-2)12-14-13-26-19(22-14)11-21-18(25)10-9-17(24)15-7-5-6-8-16(15)20/h5-8,13H,3-4,9-12H2,1-2H3,(H,21,25). The van der Waals surface area contributed by atoms with Gasteiger partial charge in [0.2, 0.25) is 5.91 Å². The van der Waals surface area contributed by atoms with Gasteiger partial charge in [-0.1, -0.05) is 37.6 Å². The average Bonchev–Trinajstić information content (AvgIpc) is 3.10. The maximum Gasteiger partial charge on any atom is 0.220 e. The molecule has 5 nitrogen and oxygen atoms in total. The molecule has 2 rings (SSSR count). The van der Waals surface area contributed by atoms with Crippen molar-refractivity contribution in [3.8, 4) is 0 Å². The number of aromatic nitrogens is 1. The molecule has 1 aromatic carbocycles. The normalized spacial score (nSPS) is 10.9. The second-order valence-corrected chi connectivity index (χ2v) is 7.22. The number of halogens is 1. The van der Waals surface area contributed by atoms with Crippen molar-refractivity contribution in [2.24, 2.45) is 0 Å². The molecule has 0 bridgehead atoms. The number of benzene rings is 1. The lowest BCUT2D eigenvalue weighted by Crippen LogP contribution is -2.24. The summed E-state index contributed by atoms with van der Waals surface area (Å²) in [5.41, 5.74) is 1.49. The molecule has 1 amide bonds. The number of thiazole rings is 1. The Morgan fingerprint density at radius 1 is 1.19 bits per heavy atom. The first kappa shape index (κ1) is 20.6. The maximum absolute atomic E-state index is 12.1. The molecule has 0 atom stereocenters. The largest absolute Gasteiger partial charge is 0.350 e. The maximum atomic E-state index is 12.1. The molecule has 2 aromatic rings. The highest BCUT2D eigenvalue weighted by molar-refractivity contribution is 7.09. The summed E-state index contributed by atoms with van der Waals surface area (Å²) in [5.74, 6) is -0.285. The molecule has 0 aliphatic rings. The first-order valence-electron chi connectivity index (χ1n) is 8.73. The van der Waals surface area contributed by atoms with Crippen LogP contribution in [0.25, 0.3) is 0 Å². The summed E-state index contributed by atoms with van der Waals surface area (Å²) < 4.78 is 0. The highest BCUT2D eigenvalue weighted by atomic mass is 35.5. The molecule has 1 heterocycles. The van der Waals surface area contributed by atoms with Gasteiger partial charge in [-0.2, -0.15) is 0 Å². The summed E-state index contributed by atoms with van der Waals surface area (Å²) in [7, 11) is 0. The van der Waals surface area contributed by atoms with Gasteiger partial charge in [0.25, 0.3) is 0 Å². The minimum Gasteiger partial charge on any atom is -0.350 e. The zero-order chi connectivity index (χ0) is 18.9. The molecule has 0 fully saturated rings. The topological polar surface area (TPSA) is 62.3 Å². The van der Waals surface area contributed by atoms with Crippen LogP contribution in [0.3, 0.4) is 0 Å². The Morgan fingerprint density at radius 2 is 1.92 bits per heavy atom. The number of rotatable bonds is 10. The summed E-state index contributed by atoms with van der Waals surface area (Å²) in [6.07, 6.45) is 0.280. The van der Waals surface area contributed by atoms with Crippen LogP contribution in [0.1, 0.15) is 47.7 Å². The summed E-state index contributed by atoms with van der Waals surface area (Å²) in [6, 6.07) is 6.88. The predicted molar refractivity (Wildman–Crippen MR) is 106 cm³/mol. The van der Waals surface area contributed by atoms with Crippen molar-refractivity contribution >= 4 is 34.6 Å². The lowest BCUT2D eigenvalue weighted by atomic mass is 10.1. The molecule has 0 unspecified atom stereocenters. The van der Waals surface area contributed by atoms with Crippen LogP contribution in [0.2, 0.25) is 5.02 Å². The Kier molecular flexibility index (Phi) is 8.22. The number of Topliss-reactive ketones (excluding diaryl/α,β-unsaturated/α-hetero) is 1. The van der Waals surface area contributed by atoms with Crippen LogP contribution in [-0.2, 0) is 17.9 Å². The predicted octanol–water partition coefficient (Wildman–Crippen LogP) is 3.92. The fourth-order valence-electron chi connectivity index (χ4n) is 2.49. The molecule has 1 aromatic heterocycles. The first-order valence-corrected chi connectivity index (χ1v) is 9.99. The molecular weight excluding hydrogens is 370 g/mol. The van der Waals surface area contributed by atoms with Gasteiger partial charge in [0, 0.05) is 30.3 Å². The quantitative estimate of drug-likeness (QED) is 0.621. The Balaban J connectivity index is 1.76. The third-order valence-corrected chi connectivity index (χ3v) is 5.30. The average molecular weight is 394 g/mol. The zero-order valence-corrected chi connectivity index (χ0v) is 16.7. The Morgan fingerprint density at radius 3 is 2.62 bits per heavy atom. The molecule has 140 valence electrons. The summed E-state index contributed by atoms with van der Waals surface area (Å²) in [5, 5.41) is 6.14. The fraction of sp³-hybridized carbons (Fsp3) is 0.421.